The fourth-order valence-corrected chi connectivity index (χ4v) is 5.69. The Kier molecular flexibility index (Phi) is 6.86. The summed E-state index contributed by atoms with van der Waals surface area (Å²) >= 11 is 7.64. The molecule has 1 aromatic heterocycles. The average Bonchev–Trinajstić information content (AvgIpc) is 3.38. The van der Waals surface area contributed by atoms with Crippen molar-refractivity contribution in [2.75, 3.05) is 5.75 Å². The van der Waals surface area contributed by atoms with E-state index in [1.165, 1.54) is 44.9 Å². The third-order valence-corrected chi connectivity index (χ3v) is 7.60. The minimum atomic E-state index is 0.128. The summed E-state index contributed by atoms with van der Waals surface area (Å²) in [4.78, 5) is 17.3. The number of carbonyl (C=O) groups is 1. The van der Waals surface area contributed by atoms with E-state index in [0.717, 1.165) is 27.9 Å². The van der Waals surface area contributed by atoms with Gasteiger partial charge in [-0.2, -0.15) is 0 Å². The number of nitrogens with one attached hydrogen (secondary N) is 1. The van der Waals surface area contributed by atoms with Crippen LogP contribution in [0.2, 0.25) is 5.02 Å². The molecule has 4 rings (SSSR count). The van der Waals surface area contributed by atoms with Crippen LogP contribution < -0.4 is 5.32 Å². The summed E-state index contributed by atoms with van der Waals surface area (Å²) in [5.74, 6) is 1.13. The molecule has 1 heterocycles. The molecule has 0 saturated heterocycles. The lowest BCUT2D eigenvalue weighted by molar-refractivity contribution is -0.119. The number of carbonyl (C=O) groups excluding carboxylic acids is 1. The van der Waals surface area contributed by atoms with Crippen molar-refractivity contribution in [2.24, 2.45) is 5.92 Å². The lowest BCUT2D eigenvalue weighted by atomic mass is 9.86. The van der Waals surface area contributed by atoms with E-state index in [-0.39, 0.29) is 5.91 Å². The van der Waals surface area contributed by atoms with Gasteiger partial charge in [0.25, 0.3) is 0 Å². The zero-order valence-corrected chi connectivity index (χ0v) is 18.6. The number of amides is 1. The second-order valence-electron chi connectivity index (χ2n) is 8.47. The number of thioether (sulfide) groups is 1. The second kappa shape index (κ2) is 9.57. The van der Waals surface area contributed by atoms with Gasteiger partial charge in [-0.1, -0.05) is 68.1 Å². The first-order valence-corrected chi connectivity index (χ1v) is 12.2. The molecule has 6 heteroatoms. The maximum absolute atomic E-state index is 12.6. The molecule has 0 spiro atoms. The number of aromatic nitrogens is 2. The highest BCUT2D eigenvalue weighted by atomic mass is 35.5. The van der Waals surface area contributed by atoms with Crippen LogP contribution in [0.5, 0.6) is 0 Å². The fourth-order valence-electron chi connectivity index (χ4n) is 4.71. The Labute approximate surface area is 182 Å². The van der Waals surface area contributed by atoms with Gasteiger partial charge >= 0.3 is 0 Å². The molecule has 4 nitrogen and oxygen atoms in total. The summed E-state index contributed by atoms with van der Waals surface area (Å²) in [6.45, 7) is 2.25. The summed E-state index contributed by atoms with van der Waals surface area (Å²) in [5, 5.41) is 4.95. The highest BCUT2D eigenvalue weighted by molar-refractivity contribution is 7.99. The van der Waals surface area contributed by atoms with Gasteiger partial charge in [0.1, 0.15) is 0 Å². The van der Waals surface area contributed by atoms with Crippen LogP contribution in [0.4, 0.5) is 0 Å². The zero-order valence-electron chi connectivity index (χ0n) is 17.1. The Morgan fingerprint density at radius 2 is 1.83 bits per heavy atom. The van der Waals surface area contributed by atoms with Crippen molar-refractivity contribution in [1.82, 2.24) is 14.9 Å². The Morgan fingerprint density at radius 3 is 2.55 bits per heavy atom. The molecule has 2 fully saturated rings. The molecule has 1 amide bonds. The molecule has 2 aliphatic carbocycles. The molecule has 1 N–H and O–H groups in total. The number of imidazole rings is 1. The molecule has 0 bridgehead atoms. The van der Waals surface area contributed by atoms with Crippen LogP contribution in [-0.4, -0.2) is 27.3 Å². The number of halogens is 1. The number of hydrogen-bond acceptors (Lipinski definition) is 3. The van der Waals surface area contributed by atoms with Crippen LogP contribution in [0.15, 0.2) is 35.6 Å². The normalized spacial score (nSPS) is 22.7. The quantitative estimate of drug-likeness (QED) is 0.561. The van der Waals surface area contributed by atoms with Gasteiger partial charge in [-0.15, -0.1) is 0 Å². The largest absolute Gasteiger partial charge is 0.352 e. The van der Waals surface area contributed by atoms with Gasteiger partial charge in [0.05, 0.1) is 17.6 Å². The first kappa shape index (κ1) is 20.8. The summed E-state index contributed by atoms with van der Waals surface area (Å²) in [6, 6.07) is 8.75. The Bertz CT molecular complexity index is 829. The lowest BCUT2D eigenvalue weighted by Crippen LogP contribution is -2.41. The standard InChI is InChI=1S/C23H30ClN3OS/c1-16-6-2-5-9-20(16)26-22(28)15-29-23-25-14-21(17-10-12-18(24)13-11-17)27(23)19-7-3-4-8-19/h10-14,16,19-20H,2-9,15H2,1H3,(H,26,28)/t16-,20-/m1/s1. The highest BCUT2D eigenvalue weighted by Gasteiger charge is 2.25. The predicted molar refractivity (Wildman–Crippen MR) is 120 cm³/mol. The van der Waals surface area contributed by atoms with Crippen molar-refractivity contribution in [3.63, 3.8) is 0 Å². The van der Waals surface area contributed by atoms with Crippen molar-refractivity contribution in [2.45, 2.75) is 75.5 Å². The van der Waals surface area contributed by atoms with E-state index in [0.29, 0.717) is 23.8 Å². The van der Waals surface area contributed by atoms with E-state index < -0.39 is 0 Å². The van der Waals surface area contributed by atoms with Gasteiger partial charge in [-0.05, 0) is 49.3 Å². The van der Waals surface area contributed by atoms with Gasteiger partial charge in [0, 0.05) is 17.1 Å². The van der Waals surface area contributed by atoms with E-state index in [1.54, 1.807) is 11.8 Å². The minimum absolute atomic E-state index is 0.128. The number of hydrogen-bond donors (Lipinski definition) is 1. The lowest BCUT2D eigenvalue weighted by Gasteiger charge is -2.29. The Hall–Kier alpha value is -1.46. The maximum Gasteiger partial charge on any atom is 0.230 e. The fraction of sp³-hybridized carbons (Fsp3) is 0.565. The predicted octanol–water partition coefficient (Wildman–Crippen LogP) is 6.11. The summed E-state index contributed by atoms with van der Waals surface area (Å²) in [5.41, 5.74) is 2.25. The number of nitrogens with zero attached hydrogens (tertiary/aromatic N) is 2. The average molecular weight is 432 g/mol. The SMILES string of the molecule is C[C@@H]1CCCC[C@H]1NC(=O)CSc1ncc(-c2ccc(Cl)cc2)n1C1CCCC1. The van der Waals surface area contributed by atoms with Crippen molar-refractivity contribution < 1.29 is 4.79 Å². The monoisotopic (exact) mass is 431 g/mol. The molecule has 2 aliphatic rings. The second-order valence-corrected chi connectivity index (χ2v) is 9.84. The summed E-state index contributed by atoms with van der Waals surface area (Å²) in [6.07, 6.45) is 11.6. The first-order valence-electron chi connectivity index (χ1n) is 10.9. The maximum atomic E-state index is 12.6. The van der Waals surface area contributed by atoms with Crippen molar-refractivity contribution in [1.29, 1.82) is 0 Å². The number of benzene rings is 1. The van der Waals surface area contributed by atoms with Gasteiger partial charge in [-0.25, -0.2) is 4.98 Å². The van der Waals surface area contributed by atoms with Crippen LogP contribution in [0.3, 0.4) is 0 Å². The van der Waals surface area contributed by atoms with Crippen LogP contribution in [-0.2, 0) is 4.79 Å². The molecule has 0 aliphatic heterocycles. The topological polar surface area (TPSA) is 46.9 Å². The molecule has 156 valence electrons. The molecular weight excluding hydrogens is 402 g/mol. The smallest absolute Gasteiger partial charge is 0.230 e. The minimum Gasteiger partial charge on any atom is -0.352 e. The molecule has 2 saturated carbocycles. The first-order chi connectivity index (χ1) is 14.1. The van der Waals surface area contributed by atoms with Crippen LogP contribution in [0.25, 0.3) is 11.3 Å². The van der Waals surface area contributed by atoms with E-state index in [2.05, 4.69) is 28.9 Å². The zero-order chi connectivity index (χ0) is 20.2. The third kappa shape index (κ3) is 5.00. The van der Waals surface area contributed by atoms with Crippen molar-refractivity contribution in [3.05, 3.63) is 35.5 Å². The van der Waals surface area contributed by atoms with Gasteiger partial charge < -0.3 is 9.88 Å². The van der Waals surface area contributed by atoms with E-state index >= 15 is 0 Å². The summed E-state index contributed by atoms with van der Waals surface area (Å²) in [7, 11) is 0. The highest BCUT2D eigenvalue weighted by Crippen LogP contribution is 2.37. The van der Waals surface area contributed by atoms with Crippen LogP contribution in [0, 0.1) is 5.92 Å². The molecule has 2 aromatic rings. The van der Waals surface area contributed by atoms with Crippen molar-refractivity contribution >= 4 is 29.3 Å². The van der Waals surface area contributed by atoms with E-state index in [4.69, 9.17) is 16.6 Å². The van der Waals surface area contributed by atoms with Gasteiger partial charge in [0.15, 0.2) is 5.16 Å². The van der Waals surface area contributed by atoms with Gasteiger partial charge in [0.2, 0.25) is 5.91 Å². The Balaban J connectivity index is 1.48. The van der Waals surface area contributed by atoms with Crippen LogP contribution >= 0.6 is 23.4 Å². The van der Waals surface area contributed by atoms with Crippen molar-refractivity contribution in [3.8, 4) is 11.3 Å². The molecular formula is C23H30ClN3OS. The van der Waals surface area contributed by atoms with Gasteiger partial charge in [-0.3, -0.25) is 4.79 Å². The van der Waals surface area contributed by atoms with Crippen LogP contribution in [0.1, 0.15) is 64.3 Å². The molecule has 1 aromatic carbocycles. The number of rotatable bonds is 6. The molecule has 0 radical (unpaired) electrons. The Morgan fingerprint density at radius 1 is 1.14 bits per heavy atom. The molecule has 2 atom stereocenters. The van der Waals surface area contributed by atoms with E-state index in [1.807, 2.05) is 18.3 Å². The van der Waals surface area contributed by atoms with E-state index in [9.17, 15) is 4.79 Å². The molecule has 0 unspecified atom stereocenters. The molecule has 29 heavy (non-hydrogen) atoms. The summed E-state index contributed by atoms with van der Waals surface area (Å²) < 4.78 is 2.36. The third-order valence-electron chi connectivity index (χ3n) is 6.38.